The van der Waals surface area contributed by atoms with Crippen LogP contribution in [0.1, 0.15) is 47.6 Å². The van der Waals surface area contributed by atoms with E-state index in [-0.39, 0.29) is 23.3 Å². The lowest BCUT2D eigenvalue weighted by atomic mass is 10.2. The molecule has 1 saturated heterocycles. The Balaban J connectivity index is 1.73. The predicted octanol–water partition coefficient (Wildman–Crippen LogP) is 1.24. The number of esters is 1. The van der Waals surface area contributed by atoms with E-state index in [1.54, 1.807) is 10.6 Å². The topological polar surface area (TPSA) is 69.6 Å². The fourth-order valence-electron chi connectivity index (χ4n) is 2.82. The van der Waals surface area contributed by atoms with Crippen molar-refractivity contribution in [2.75, 3.05) is 20.3 Å². The van der Waals surface area contributed by atoms with Gasteiger partial charge in [-0.05, 0) is 37.3 Å². The van der Waals surface area contributed by atoms with Crippen molar-refractivity contribution in [3.8, 4) is 0 Å². The van der Waals surface area contributed by atoms with Gasteiger partial charge in [0.1, 0.15) is 5.56 Å². The number of carbonyl (C=O) groups is 1. The molecule has 2 heterocycles. The van der Waals surface area contributed by atoms with Crippen molar-refractivity contribution in [1.29, 1.82) is 0 Å². The van der Waals surface area contributed by atoms with Crippen LogP contribution in [0.5, 0.6) is 0 Å². The first-order chi connectivity index (χ1) is 10.7. The number of carbonyl (C=O) groups excluding carboxylic acids is 1. The van der Waals surface area contributed by atoms with E-state index >= 15 is 0 Å². The minimum atomic E-state index is -0.569. The summed E-state index contributed by atoms with van der Waals surface area (Å²) in [5.41, 5.74) is 0.785. The van der Waals surface area contributed by atoms with Crippen molar-refractivity contribution in [2.45, 2.75) is 44.4 Å². The van der Waals surface area contributed by atoms with Gasteiger partial charge in [0.05, 0.1) is 13.2 Å². The number of ether oxygens (including phenoxy) is 2. The second-order valence-electron chi connectivity index (χ2n) is 5.96. The van der Waals surface area contributed by atoms with Gasteiger partial charge in [-0.1, -0.05) is 0 Å². The highest BCUT2D eigenvalue weighted by Crippen LogP contribution is 2.33. The van der Waals surface area contributed by atoms with Crippen LogP contribution in [0, 0.1) is 0 Å². The number of nitrogens with zero attached hydrogens (tertiary/aromatic N) is 1. The van der Waals surface area contributed by atoms with Crippen molar-refractivity contribution >= 4 is 5.97 Å². The van der Waals surface area contributed by atoms with Gasteiger partial charge in [0.2, 0.25) is 0 Å². The summed E-state index contributed by atoms with van der Waals surface area (Å²) >= 11 is 0. The zero-order valence-electron chi connectivity index (χ0n) is 12.8. The summed E-state index contributed by atoms with van der Waals surface area (Å²) in [5, 5.41) is 3.34. The van der Waals surface area contributed by atoms with E-state index in [1.807, 2.05) is 6.20 Å². The van der Waals surface area contributed by atoms with E-state index in [9.17, 15) is 9.59 Å². The number of hydrogen-bond acceptors (Lipinski definition) is 5. The Morgan fingerprint density at radius 3 is 2.91 bits per heavy atom. The molecule has 6 heteroatoms. The molecule has 0 unspecified atom stereocenters. The van der Waals surface area contributed by atoms with Crippen molar-refractivity contribution in [1.82, 2.24) is 9.88 Å². The van der Waals surface area contributed by atoms with Crippen LogP contribution in [-0.2, 0) is 16.0 Å². The molecule has 2 aliphatic rings. The van der Waals surface area contributed by atoms with Gasteiger partial charge in [-0.25, -0.2) is 4.79 Å². The molecule has 1 N–H and O–H groups in total. The molecule has 3 rings (SSSR count). The average Bonchev–Trinajstić information content (AvgIpc) is 3.24. The quantitative estimate of drug-likeness (QED) is 0.801. The number of nitrogens with one attached hydrogen (secondary N) is 1. The lowest BCUT2D eigenvalue weighted by molar-refractivity contribution is 0.0597. The second kappa shape index (κ2) is 6.62. The third-order valence-electron chi connectivity index (χ3n) is 4.17. The molecule has 1 atom stereocenters. The standard InChI is InChI=1S/C16H22N2O4/c1-21-16(20)14-7-11(8-17-9-13-3-2-6-22-13)10-18(15(14)19)12-4-5-12/h7,10,12-13,17H,2-6,8-9H2,1H3/t13-/m0/s1. The first kappa shape index (κ1) is 15.2. The normalized spacial score (nSPS) is 21.0. The maximum absolute atomic E-state index is 12.3. The monoisotopic (exact) mass is 306 g/mol. The van der Waals surface area contributed by atoms with Gasteiger partial charge in [0.25, 0.3) is 5.56 Å². The van der Waals surface area contributed by atoms with Crippen LogP contribution in [0.15, 0.2) is 17.1 Å². The van der Waals surface area contributed by atoms with Gasteiger partial charge >= 0.3 is 5.97 Å². The van der Waals surface area contributed by atoms with Crippen molar-refractivity contribution in [3.63, 3.8) is 0 Å². The Labute approximate surface area is 129 Å². The third kappa shape index (κ3) is 3.39. The molecule has 1 aliphatic carbocycles. The first-order valence-electron chi connectivity index (χ1n) is 7.84. The van der Waals surface area contributed by atoms with Gasteiger partial charge < -0.3 is 19.4 Å². The highest BCUT2D eigenvalue weighted by molar-refractivity contribution is 5.89. The van der Waals surface area contributed by atoms with Crippen LogP contribution in [-0.4, -0.2) is 36.9 Å². The number of aromatic nitrogens is 1. The van der Waals surface area contributed by atoms with Crippen molar-refractivity contribution in [2.24, 2.45) is 0 Å². The molecular formula is C16H22N2O4. The van der Waals surface area contributed by atoms with Crippen LogP contribution < -0.4 is 10.9 Å². The number of hydrogen-bond donors (Lipinski definition) is 1. The molecule has 120 valence electrons. The molecule has 1 saturated carbocycles. The van der Waals surface area contributed by atoms with E-state index < -0.39 is 5.97 Å². The average molecular weight is 306 g/mol. The van der Waals surface area contributed by atoms with E-state index in [0.29, 0.717) is 6.54 Å². The summed E-state index contributed by atoms with van der Waals surface area (Å²) in [6.45, 7) is 2.23. The molecule has 1 aromatic heterocycles. The second-order valence-corrected chi connectivity index (χ2v) is 5.96. The molecule has 0 aromatic carbocycles. The Kier molecular flexibility index (Phi) is 4.59. The zero-order valence-corrected chi connectivity index (χ0v) is 12.8. The van der Waals surface area contributed by atoms with Crippen LogP contribution in [0.3, 0.4) is 0 Å². The minimum absolute atomic E-state index is 0.116. The van der Waals surface area contributed by atoms with Crippen LogP contribution in [0.4, 0.5) is 0 Å². The van der Waals surface area contributed by atoms with Crippen LogP contribution in [0.2, 0.25) is 0 Å². The lowest BCUT2D eigenvalue weighted by Crippen LogP contribution is -2.29. The Hall–Kier alpha value is -1.66. The van der Waals surface area contributed by atoms with E-state index in [0.717, 1.165) is 44.4 Å². The summed E-state index contributed by atoms with van der Waals surface area (Å²) in [4.78, 5) is 24.1. The molecule has 2 fully saturated rings. The van der Waals surface area contributed by atoms with E-state index in [4.69, 9.17) is 9.47 Å². The van der Waals surface area contributed by atoms with Crippen LogP contribution >= 0.6 is 0 Å². The molecule has 0 radical (unpaired) electrons. The van der Waals surface area contributed by atoms with Crippen LogP contribution in [0.25, 0.3) is 0 Å². The number of methoxy groups -OCH3 is 1. The molecule has 1 aliphatic heterocycles. The SMILES string of the molecule is COC(=O)c1cc(CNC[C@@H]2CCCO2)cn(C2CC2)c1=O. The summed E-state index contributed by atoms with van der Waals surface area (Å²) in [5.74, 6) is -0.569. The summed E-state index contributed by atoms with van der Waals surface area (Å²) in [7, 11) is 1.30. The summed E-state index contributed by atoms with van der Waals surface area (Å²) < 4.78 is 12.0. The highest BCUT2D eigenvalue weighted by Gasteiger charge is 2.27. The van der Waals surface area contributed by atoms with Gasteiger partial charge in [0.15, 0.2) is 0 Å². The smallest absolute Gasteiger partial charge is 0.343 e. The maximum atomic E-state index is 12.3. The summed E-state index contributed by atoms with van der Waals surface area (Å²) in [6.07, 6.45) is 6.32. The predicted molar refractivity (Wildman–Crippen MR) is 81.0 cm³/mol. The fraction of sp³-hybridized carbons (Fsp3) is 0.625. The van der Waals surface area contributed by atoms with E-state index in [2.05, 4.69) is 5.32 Å². The molecule has 1 aromatic rings. The third-order valence-corrected chi connectivity index (χ3v) is 4.17. The van der Waals surface area contributed by atoms with E-state index in [1.165, 1.54) is 7.11 Å². The largest absolute Gasteiger partial charge is 0.465 e. The lowest BCUT2D eigenvalue weighted by Gasteiger charge is -2.13. The molecule has 0 amide bonds. The van der Waals surface area contributed by atoms with Gasteiger partial charge in [-0.15, -0.1) is 0 Å². The maximum Gasteiger partial charge on any atom is 0.343 e. The molecular weight excluding hydrogens is 284 g/mol. The first-order valence-corrected chi connectivity index (χ1v) is 7.84. The Morgan fingerprint density at radius 2 is 2.27 bits per heavy atom. The number of pyridine rings is 1. The molecule has 6 nitrogen and oxygen atoms in total. The Morgan fingerprint density at radius 1 is 1.45 bits per heavy atom. The Bertz CT molecular complexity index is 601. The van der Waals surface area contributed by atoms with Gasteiger partial charge in [0, 0.05) is 31.9 Å². The van der Waals surface area contributed by atoms with Gasteiger partial charge in [-0.3, -0.25) is 4.79 Å². The van der Waals surface area contributed by atoms with Gasteiger partial charge in [-0.2, -0.15) is 0 Å². The zero-order chi connectivity index (χ0) is 15.5. The molecule has 0 bridgehead atoms. The van der Waals surface area contributed by atoms with Crippen molar-refractivity contribution in [3.05, 3.63) is 33.7 Å². The summed E-state index contributed by atoms with van der Waals surface area (Å²) in [6, 6.07) is 1.87. The minimum Gasteiger partial charge on any atom is -0.465 e. The molecule has 0 spiro atoms. The number of rotatable bonds is 6. The molecule has 22 heavy (non-hydrogen) atoms. The van der Waals surface area contributed by atoms with Crippen molar-refractivity contribution < 1.29 is 14.3 Å². The highest BCUT2D eigenvalue weighted by atomic mass is 16.5. The fourth-order valence-corrected chi connectivity index (χ4v) is 2.82.